The first kappa shape index (κ1) is 11.0. The van der Waals surface area contributed by atoms with Gasteiger partial charge in [0.25, 0.3) is 0 Å². The van der Waals surface area contributed by atoms with Crippen molar-refractivity contribution in [3.8, 4) is 5.75 Å². The SMILES string of the molecule is COC(=O)C(O)c1ccc(Br)cc1O. The number of benzene rings is 1. The maximum absolute atomic E-state index is 11.0. The van der Waals surface area contributed by atoms with Crippen molar-refractivity contribution in [3.05, 3.63) is 28.2 Å². The molecule has 4 nitrogen and oxygen atoms in total. The van der Waals surface area contributed by atoms with E-state index in [1.54, 1.807) is 6.07 Å². The molecule has 2 N–H and O–H groups in total. The predicted octanol–water partition coefficient (Wildman–Crippen LogP) is 1.36. The zero-order valence-electron chi connectivity index (χ0n) is 7.40. The number of carbonyl (C=O) groups excluding carboxylic acids is 1. The van der Waals surface area contributed by atoms with Gasteiger partial charge in [0.1, 0.15) is 5.75 Å². The number of methoxy groups -OCH3 is 1. The Bertz CT molecular complexity index is 351. The second-order valence-corrected chi connectivity index (χ2v) is 3.54. The van der Waals surface area contributed by atoms with E-state index in [-0.39, 0.29) is 11.3 Å². The summed E-state index contributed by atoms with van der Waals surface area (Å²) in [4.78, 5) is 11.0. The van der Waals surface area contributed by atoms with Gasteiger partial charge in [-0.3, -0.25) is 0 Å². The van der Waals surface area contributed by atoms with Crippen LogP contribution in [0.3, 0.4) is 0 Å². The number of aliphatic hydroxyl groups excluding tert-OH is 1. The van der Waals surface area contributed by atoms with Gasteiger partial charge in [0.15, 0.2) is 6.10 Å². The highest BCUT2D eigenvalue weighted by molar-refractivity contribution is 9.10. The third kappa shape index (κ3) is 2.24. The minimum atomic E-state index is -1.45. The average Bonchev–Trinajstić information content (AvgIpc) is 2.15. The van der Waals surface area contributed by atoms with Gasteiger partial charge in [0.2, 0.25) is 0 Å². The van der Waals surface area contributed by atoms with Gasteiger partial charge in [-0.15, -0.1) is 0 Å². The molecule has 0 saturated heterocycles. The fraction of sp³-hybridized carbons (Fsp3) is 0.222. The van der Waals surface area contributed by atoms with Gasteiger partial charge in [-0.2, -0.15) is 0 Å². The molecule has 0 amide bonds. The van der Waals surface area contributed by atoms with Gasteiger partial charge < -0.3 is 14.9 Å². The molecule has 0 bridgehead atoms. The number of aromatic hydroxyl groups is 1. The molecule has 76 valence electrons. The van der Waals surface area contributed by atoms with Gasteiger partial charge in [-0.05, 0) is 12.1 Å². The summed E-state index contributed by atoms with van der Waals surface area (Å²) in [5, 5.41) is 18.8. The van der Waals surface area contributed by atoms with Gasteiger partial charge >= 0.3 is 5.97 Å². The Morgan fingerprint density at radius 2 is 2.21 bits per heavy atom. The number of rotatable bonds is 2. The first-order valence-electron chi connectivity index (χ1n) is 3.80. The monoisotopic (exact) mass is 260 g/mol. The molecule has 1 aromatic rings. The Morgan fingerprint density at radius 1 is 1.57 bits per heavy atom. The molecule has 14 heavy (non-hydrogen) atoms. The second kappa shape index (κ2) is 4.43. The number of aliphatic hydroxyl groups is 1. The highest BCUT2D eigenvalue weighted by Gasteiger charge is 2.20. The van der Waals surface area contributed by atoms with Crippen LogP contribution in [0, 0.1) is 0 Å². The molecule has 0 fully saturated rings. The fourth-order valence-corrected chi connectivity index (χ4v) is 1.34. The van der Waals surface area contributed by atoms with Crippen LogP contribution >= 0.6 is 15.9 Å². The maximum Gasteiger partial charge on any atom is 0.339 e. The molecular weight excluding hydrogens is 252 g/mol. The Kier molecular flexibility index (Phi) is 3.49. The molecule has 0 aliphatic heterocycles. The second-order valence-electron chi connectivity index (χ2n) is 2.63. The molecule has 1 aromatic carbocycles. The molecule has 0 aliphatic carbocycles. The molecule has 0 radical (unpaired) electrons. The van der Waals surface area contributed by atoms with Crippen LogP contribution in [-0.2, 0) is 9.53 Å². The summed E-state index contributed by atoms with van der Waals surface area (Å²) < 4.78 is 5.00. The average molecular weight is 261 g/mol. The number of phenols is 1. The Hall–Kier alpha value is -1.07. The van der Waals surface area contributed by atoms with Crippen LogP contribution in [0.15, 0.2) is 22.7 Å². The molecular formula is C9H9BrO4. The third-order valence-electron chi connectivity index (χ3n) is 1.71. The minimum absolute atomic E-state index is 0.125. The topological polar surface area (TPSA) is 66.8 Å². The highest BCUT2D eigenvalue weighted by Crippen LogP contribution is 2.27. The van der Waals surface area contributed by atoms with Crippen LogP contribution in [0.5, 0.6) is 5.75 Å². The van der Waals surface area contributed by atoms with Crippen molar-refractivity contribution in [2.45, 2.75) is 6.10 Å². The van der Waals surface area contributed by atoms with Crippen molar-refractivity contribution in [1.29, 1.82) is 0 Å². The number of ether oxygens (including phenoxy) is 1. The Labute approximate surface area is 89.3 Å². The highest BCUT2D eigenvalue weighted by atomic mass is 79.9. The summed E-state index contributed by atoms with van der Waals surface area (Å²) in [6.45, 7) is 0. The van der Waals surface area contributed by atoms with Crippen molar-refractivity contribution in [1.82, 2.24) is 0 Å². The van der Waals surface area contributed by atoms with Crippen LogP contribution in [0.25, 0.3) is 0 Å². The van der Waals surface area contributed by atoms with Gasteiger partial charge in [-0.1, -0.05) is 22.0 Å². The summed E-state index contributed by atoms with van der Waals surface area (Å²) >= 11 is 3.14. The zero-order valence-corrected chi connectivity index (χ0v) is 8.98. The molecule has 0 saturated carbocycles. The van der Waals surface area contributed by atoms with Crippen molar-refractivity contribution in [3.63, 3.8) is 0 Å². The van der Waals surface area contributed by atoms with Crippen LogP contribution < -0.4 is 0 Å². The van der Waals surface area contributed by atoms with E-state index in [1.807, 2.05) is 0 Å². The van der Waals surface area contributed by atoms with E-state index in [2.05, 4.69) is 20.7 Å². The van der Waals surface area contributed by atoms with E-state index in [4.69, 9.17) is 0 Å². The molecule has 5 heteroatoms. The summed E-state index contributed by atoms with van der Waals surface area (Å²) in [5.74, 6) is -0.958. The van der Waals surface area contributed by atoms with Crippen LogP contribution in [0.1, 0.15) is 11.7 Å². The van der Waals surface area contributed by atoms with E-state index < -0.39 is 12.1 Å². The van der Waals surface area contributed by atoms with Crippen LogP contribution in [-0.4, -0.2) is 23.3 Å². The first-order chi connectivity index (χ1) is 6.56. The van der Waals surface area contributed by atoms with E-state index in [1.165, 1.54) is 19.2 Å². The van der Waals surface area contributed by atoms with E-state index >= 15 is 0 Å². The van der Waals surface area contributed by atoms with Gasteiger partial charge in [0.05, 0.1) is 7.11 Å². The zero-order chi connectivity index (χ0) is 10.7. The lowest BCUT2D eigenvalue weighted by Crippen LogP contribution is -2.13. The van der Waals surface area contributed by atoms with Crippen molar-refractivity contribution in [2.75, 3.05) is 7.11 Å². The van der Waals surface area contributed by atoms with Crippen molar-refractivity contribution in [2.24, 2.45) is 0 Å². The lowest BCUT2D eigenvalue weighted by atomic mass is 10.1. The van der Waals surface area contributed by atoms with E-state index in [0.29, 0.717) is 4.47 Å². The number of phenolic OH excluding ortho intramolecular Hbond substituents is 1. The molecule has 0 spiro atoms. The van der Waals surface area contributed by atoms with E-state index in [0.717, 1.165) is 0 Å². The summed E-state index contributed by atoms with van der Waals surface area (Å²) in [6.07, 6.45) is -1.45. The molecule has 0 aromatic heterocycles. The van der Waals surface area contributed by atoms with Gasteiger partial charge in [-0.25, -0.2) is 4.79 Å². The molecule has 1 atom stereocenters. The largest absolute Gasteiger partial charge is 0.508 e. The van der Waals surface area contributed by atoms with Crippen molar-refractivity contribution >= 4 is 21.9 Å². The quantitative estimate of drug-likeness (QED) is 0.789. The van der Waals surface area contributed by atoms with Gasteiger partial charge in [0, 0.05) is 10.0 Å². The van der Waals surface area contributed by atoms with Crippen LogP contribution in [0.2, 0.25) is 0 Å². The van der Waals surface area contributed by atoms with E-state index in [9.17, 15) is 15.0 Å². The number of halogens is 1. The smallest absolute Gasteiger partial charge is 0.339 e. The molecule has 0 aliphatic rings. The molecule has 1 rings (SSSR count). The summed E-state index contributed by atoms with van der Waals surface area (Å²) in [7, 11) is 1.17. The number of esters is 1. The lowest BCUT2D eigenvalue weighted by molar-refractivity contribution is -0.150. The number of carbonyl (C=O) groups is 1. The summed E-state index contributed by atoms with van der Waals surface area (Å²) in [6, 6.07) is 4.45. The van der Waals surface area contributed by atoms with Crippen LogP contribution in [0.4, 0.5) is 0 Å². The third-order valence-corrected chi connectivity index (χ3v) is 2.20. The predicted molar refractivity (Wildman–Crippen MR) is 52.8 cm³/mol. The molecule has 0 heterocycles. The normalized spacial score (nSPS) is 12.2. The standard InChI is InChI=1S/C9H9BrO4/c1-14-9(13)8(12)6-3-2-5(10)4-7(6)11/h2-4,8,11-12H,1H3. The molecule has 1 unspecified atom stereocenters. The number of hydrogen-bond donors (Lipinski definition) is 2. The Morgan fingerprint density at radius 3 is 2.71 bits per heavy atom. The van der Waals surface area contributed by atoms with Crippen molar-refractivity contribution < 1.29 is 19.7 Å². The fourth-order valence-electron chi connectivity index (χ4n) is 0.987. The maximum atomic E-state index is 11.0. The minimum Gasteiger partial charge on any atom is -0.508 e. The summed E-state index contributed by atoms with van der Waals surface area (Å²) in [5.41, 5.74) is 0.125. The number of hydrogen-bond acceptors (Lipinski definition) is 4. The lowest BCUT2D eigenvalue weighted by Gasteiger charge is -2.10. The first-order valence-corrected chi connectivity index (χ1v) is 4.60. The Balaban J connectivity index is 3.01.